The predicted octanol–water partition coefficient (Wildman–Crippen LogP) is 1.58. The summed E-state index contributed by atoms with van der Waals surface area (Å²) in [5.74, 6) is 2.56. The maximum Gasteiger partial charge on any atom is 0.229 e. The van der Waals surface area contributed by atoms with E-state index in [1.807, 2.05) is 0 Å². The van der Waals surface area contributed by atoms with Crippen LogP contribution in [-0.2, 0) is 0 Å². The van der Waals surface area contributed by atoms with Gasteiger partial charge in [0.05, 0.1) is 0 Å². The van der Waals surface area contributed by atoms with Crippen molar-refractivity contribution in [3.05, 3.63) is 0 Å². The Morgan fingerprint density at radius 2 is 1.71 bits per heavy atom. The Kier molecular flexibility index (Phi) is 3.12. The van der Waals surface area contributed by atoms with Crippen LogP contribution in [0, 0.1) is 5.92 Å². The van der Waals surface area contributed by atoms with E-state index in [0.29, 0.717) is 5.65 Å². The molecule has 2 saturated heterocycles. The van der Waals surface area contributed by atoms with Crippen molar-refractivity contribution in [2.45, 2.75) is 32.6 Å². The zero-order valence-corrected chi connectivity index (χ0v) is 12.4. The van der Waals surface area contributed by atoms with Crippen LogP contribution in [0.5, 0.6) is 0 Å². The van der Waals surface area contributed by atoms with Crippen LogP contribution in [0.4, 0.5) is 11.8 Å². The van der Waals surface area contributed by atoms with Crippen molar-refractivity contribution in [3.63, 3.8) is 0 Å². The minimum absolute atomic E-state index is 0.681. The third kappa shape index (κ3) is 2.30. The van der Waals surface area contributed by atoms with E-state index in [1.165, 1.54) is 25.7 Å². The van der Waals surface area contributed by atoms with Gasteiger partial charge in [-0.2, -0.15) is 20.3 Å². The standard InChI is InChI=1S/C14H21N7/c1-10-4-8-21(9-5-10)14-15-12-11(17-19-18-12)13(16-14)20-6-2-3-7-20/h10H,2-9H2,1H3,(H,15,16,17,18,19). The fourth-order valence-corrected chi connectivity index (χ4v) is 3.22. The lowest BCUT2D eigenvalue weighted by atomic mass is 10.00. The first-order chi connectivity index (χ1) is 10.3. The molecule has 7 nitrogen and oxygen atoms in total. The van der Waals surface area contributed by atoms with Crippen LogP contribution in [0.1, 0.15) is 32.6 Å². The van der Waals surface area contributed by atoms with Crippen LogP contribution < -0.4 is 9.80 Å². The van der Waals surface area contributed by atoms with Gasteiger partial charge in [0.25, 0.3) is 0 Å². The monoisotopic (exact) mass is 287 g/mol. The molecule has 2 aromatic heterocycles. The lowest BCUT2D eigenvalue weighted by Gasteiger charge is -2.30. The summed E-state index contributed by atoms with van der Waals surface area (Å²) in [4.78, 5) is 14.0. The van der Waals surface area contributed by atoms with E-state index >= 15 is 0 Å². The highest BCUT2D eigenvalue weighted by Gasteiger charge is 2.24. The first-order valence-corrected chi connectivity index (χ1v) is 7.89. The van der Waals surface area contributed by atoms with Crippen LogP contribution in [-0.4, -0.2) is 51.6 Å². The van der Waals surface area contributed by atoms with E-state index in [9.17, 15) is 0 Å². The molecule has 0 amide bonds. The summed E-state index contributed by atoms with van der Waals surface area (Å²) in [5.41, 5.74) is 1.48. The number of hydrogen-bond acceptors (Lipinski definition) is 6. The Bertz CT molecular complexity index is 623. The normalized spacial score (nSPS) is 20.6. The van der Waals surface area contributed by atoms with Crippen LogP contribution in [0.15, 0.2) is 0 Å². The molecule has 4 rings (SSSR count). The summed E-state index contributed by atoms with van der Waals surface area (Å²) in [5, 5.41) is 11.1. The first-order valence-electron chi connectivity index (χ1n) is 7.89. The summed E-state index contributed by atoms with van der Waals surface area (Å²) in [6.45, 7) is 6.48. The lowest BCUT2D eigenvalue weighted by molar-refractivity contribution is 0.434. The number of rotatable bonds is 2. The first kappa shape index (κ1) is 12.8. The van der Waals surface area contributed by atoms with Gasteiger partial charge in [-0.05, 0) is 31.6 Å². The van der Waals surface area contributed by atoms with Crippen LogP contribution >= 0.6 is 0 Å². The maximum absolute atomic E-state index is 4.82. The summed E-state index contributed by atoms with van der Waals surface area (Å²) in [6.07, 6.45) is 4.86. The number of piperidine rings is 1. The van der Waals surface area contributed by atoms with Gasteiger partial charge in [0, 0.05) is 26.2 Å². The number of nitrogens with zero attached hydrogens (tertiary/aromatic N) is 6. The number of aromatic amines is 1. The summed E-state index contributed by atoms with van der Waals surface area (Å²) >= 11 is 0. The van der Waals surface area contributed by atoms with Gasteiger partial charge in [-0.1, -0.05) is 6.92 Å². The molecule has 0 bridgehead atoms. The predicted molar refractivity (Wildman–Crippen MR) is 81.5 cm³/mol. The Balaban J connectivity index is 1.72. The highest BCUT2D eigenvalue weighted by Crippen LogP contribution is 2.28. The van der Waals surface area contributed by atoms with Gasteiger partial charge in [-0.25, -0.2) is 0 Å². The molecule has 0 radical (unpaired) electrons. The number of hydrogen-bond donors (Lipinski definition) is 1. The third-order valence-corrected chi connectivity index (χ3v) is 4.63. The van der Waals surface area contributed by atoms with Crippen LogP contribution in [0.2, 0.25) is 0 Å². The van der Waals surface area contributed by atoms with Crippen LogP contribution in [0.3, 0.4) is 0 Å². The highest BCUT2D eigenvalue weighted by molar-refractivity contribution is 5.83. The van der Waals surface area contributed by atoms with Gasteiger partial charge in [0.2, 0.25) is 11.6 Å². The second-order valence-electron chi connectivity index (χ2n) is 6.21. The molecule has 0 unspecified atom stereocenters. The van der Waals surface area contributed by atoms with Crippen molar-refractivity contribution in [3.8, 4) is 0 Å². The fourth-order valence-electron chi connectivity index (χ4n) is 3.22. The molecule has 0 aromatic carbocycles. The fraction of sp³-hybridized carbons (Fsp3) is 0.714. The van der Waals surface area contributed by atoms with Gasteiger partial charge in [0.1, 0.15) is 0 Å². The van der Waals surface area contributed by atoms with Gasteiger partial charge >= 0.3 is 0 Å². The highest BCUT2D eigenvalue weighted by atomic mass is 15.4. The van der Waals surface area contributed by atoms with Gasteiger partial charge in [-0.15, -0.1) is 5.10 Å². The number of fused-ring (bicyclic) bond motifs is 1. The third-order valence-electron chi connectivity index (χ3n) is 4.63. The second kappa shape index (κ2) is 5.13. The number of nitrogens with one attached hydrogen (secondary N) is 1. The topological polar surface area (TPSA) is 73.8 Å². The molecule has 0 spiro atoms. The van der Waals surface area contributed by atoms with Crippen LogP contribution in [0.25, 0.3) is 11.2 Å². The van der Waals surface area contributed by atoms with Crippen molar-refractivity contribution in [1.82, 2.24) is 25.4 Å². The molecule has 0 atom stereocenters. The van der Waals surface area contributed by atoms with Crippen molar-refractivity contribution >= 4 is 22.9 Å². The largest absolute Gasteiger partial charge is 0.355 e. The second-order valence-corrected chi connectivity index (χ2v) is 6.21. The number of H-pyrrole nitrogens is 1. The van der Waals surface area contributed by atoms with Gasteiger partial charge in [0.15, 0.2) is 11.3 Å². The summed E-state index contributed by atoms with van der Waals surface area (Å²) in [6, 6.07) is 0. The minimum Gasteiger partial charge on any atom is -0.355 e. The van der Waals surface area contributed by atoms with Crippen molar-refractivity contribution in [2.24, 2.45) is 5.92 Å². The molecule has 0 aliphatic carbocycles. The van der Waals surface area contributed by atoms with Crippen molar-refractivity contribution in [1.29, 1.82) is 0 Å². The average molecular weight is 287 g/mol. The van der Waals surface area contributed by atoms with E-state index in [4.69, 9.17) is 4.98 Å². The summed E-state index contributed by atoms with van der Waals surface area (Å²) in [7, 11) is 0. The molecular weight excluding hydrogens is 266 g/mol. The van der Waals surface area contributed by atoms with Crippen molar-refractivity contribution in [2.75, 3.05) is 36.0 Å². The quantitative estimate of drug-likeness (QED) is 0.904. The molecule has 0 saturated carbocycles. The number of aromatic nitrogens is 5. The van der Waals surface area contributed by atoms with Crippen molar-refractivity contribution < 1.29 is 0 Å². The maximum atomic E-state index is 4.82. The van der Waals surface area contributed by atoms with E-state index in [2.05, 4.69) is 37.1 Å². The number of anilines is 2. The minimum atomic E-state index is 0.681. The van der Waals surface area contributed by atoms with Gasteiger partial charge < -0.3 is 9.80 Å². The lowest BCUT2D eigenvalue weighted by Crippen LogP contribution is -2.34. The van der Waals surface area contributed by atoms with Gasteiger partial charge in [-0.3, -0.25) is 0 Å². The van der Waals surface area contributed by atoms with E-state index in [1.54, 1.807) is 0 Å². The van der Waals surface area contributed by atoms with E-state index in [-0.39, 0.29) is 0 Å². The molecule has 7 heteroatoms. The SMILES string of the molecule is CC1CCN(c2nc(N3CCCC3)c3n[nH]nc3n2)CC1. The van der Waals surface area contributed by atoms with E-state index in [0.717, 1.165) is 49.4 Å². The Morgan fingerprint density at radius 1 is 0.952 bits per heavy atom. The molecule has 112 valence electrons. The Labute approximate surface area is 123 Å². The molecule has 2 aliphatic heterocycles. The molecular formula is C14H21N7. The molecule has 2 aliphatic rings. The zero-order chi connectivity index (χ0) is 14.2. The molecule has 2 aromatic rings. The molecule has 4 heterocycles. The average Bonchev–Trinajstić information content (AvgIpc) is 3.18. The summed E-state index contributed by atoms with van der Waals surface area (Å²) < 4.78 is 0. The Morgan fingerprint density at radius 3 is 2.48 bits per heavy atom. The smallest absolute Gasteiger partial charge is 0.229 e. The zero-order valence-electron chi connectivity index (χ0n) is 12.4. The molecule has 21 heavy (non-hydrogen) atoms. The molecule has 2 fully saturated rings. The Hall–Kier alpha value is -1.92. The molecule has 1 N–H and O–H groups in total. The van der Waals surface area contributed by atoms with E-state index < -0.39 is 0 Å².